The molecule has 2 aromatic rings. The van der Waals surface area contributed by atoms with E-state index in [1.807, 2.05) is 25.3 Å². The van der Waals surface area contributed by atoms with Gasteiger partial charge in [0, 0.05) is 5.56 Å². The molecule has 6 nitrogen and oxygen atoms in total. The summed E-state index contributed by atoms with van der Waals surface area (Å²) in [7, 11) is 0. The predicted molar refractivity (Wildman–Crippen MR) is 107 cm³/mol. The molecule has 0 unspecified atom stereocenters. The molecule has 0 bridgehead atoms. The Morgan fingerprint density at radius 2 is 1.70 bits per heavy atom. The van der Waals surface area contributed by atoms with Crippen molar-refractivity contribution in [1.29, 1.82) is 0 Å². The largest absolute Gasteiger partial charge is 0.480 e. The lowest BCUT2D eigenvalue weighted by atomic mass is 10.1. The first-order chi connectivity index (χ1) is 12.9. The van der Waals surface area contributed by atoms with Crippen LogP contribution in [0.1, 0.15) is 32.7 Å². The van der Waals surface area contributed by atoms with Crippen molar-refractivity contribution >= 4 is 35.2 Å². The fourth-order valence-electron chi connectivity index (χ4n) is 2.42. The third-order valence-electron chi connectivity index (χ3n) is 3.95. The molecular weight excluding hydrogens is 364 g/mol. The van der Waals surface area contributed by atoms with E-state index in [9.17, 15) is 19.5 Å². The number of thioether (sulfide) groups is 1. The van der Waals surface area contributed by atoms with Crippen LogP contribution >= 0.6 is 11.8 Å². The first-order valence-electron chi connectivity index (χ1n) is 8.42. The lowest BCUT2D eigenvalue weighted by molar-refractivity contribution is -0.139. The number of aryl methyl sites for hydroxylation is 1. The number of carbonyl (C=O) groups is 3. The first-order valence-corrected chi connectivity index (χ1v) is 9.81. The molecule has 1 atom stereocenters. The number of carbonyl (C=O) groups excluding carboxylic acids is 2. The fraction of sp³-hybridized carbons (Fsp3) is 0.250. The van der Waals surface area contributed by atoms with Crippen LogP contribution in [-0.2, 0) is 4.79 Å². The Morgan fingerprint density at radius 1 is 1.04 bits per heavy atom. The van der Waals surface area contributed by atoms with Gasteiger partial charge >= 0.3 is 5.97 Å². The molecular formula is C20H22N2O4S. The van der Waals surface area contributed by atoms with Gasteiger partial charge < -0.3 is 15.7 Å². The van der Waals surface area contributed by atoms with Crippen LogP contribution in [0.5, 0.6) is 0 Å². The van der Waals surface area contributed by atoms with Gasteiger partial charge in [0.05, 0.1) is 11.3 Å². The number of rotatable bonds is 8. The number of para-hydroxylation sites is 1. The molecule has 0 aliphatic rings. The topological polar surface area (TPSA) is 95.5 Å². The van der Waals surface area contributed by atoms with E-state index in [1.165, 1.54) is 11.8 Å². The van der Waals surface area contributed by atoms with E-state index in [0.717, 1.165) is 5.56 Å². The van der Waals surface area contributed by atoms with Crippen LogP contribution in [0.15, 0.2) is 48.5 Å². The van der Waals surface area contributed by atoms with Gasteiger partial charge in [0.15, 0.2) is 0 Å². The van der Waals surface area contributed by atoms with E-state index in [4.69, 9.17) is 0 Å². The second-order valence-electron chi connectivity index (χ2n) is 6.01. The number of aliphatic carboxylic acids is 1. The van der Waals surface area contributed by atoms with Gasteiger partial charge in [-0.3, -0.25) is 9.59 Å². The molecule has 0 aliphatic heterocycles. The lowest BCUT2D eigenvalue weighted by Gasteiger charge is -2.16. The van der Waals surface area contributed by atoms with E-state index in [0.29, 0.717) is 23.4 Å². The summed E-state index contributed by atoms with van der Waals surface area (Å²) < 4.78 is 0. The zero-order valence-electron chi connectivity index (χ0n) is 15.2. The third kappa shape index (κ3) is 5.86. The summed E-state index contributed by atoms with van der Waals surface area (Å²) in [4.78, 5) is 36.4. The average molecular weight is 386 g/mol. The summed E-state index contributed by atoms with van der Waals surface area (Å²) in [5, 5.41) is 14.5. The fourth-order valence-corrected chi connectivity index (χ4v) is 2.89. The average Bonchev–Trinajstić information content (AvgIpc) is 2.65. The van der Waals surface area contributed by atoms with Crippen molar-refractivity contribution < 1.29 is 19.5 Å². The number of hydrogen-bond donors (Lipinski definition) is 3. The summed E-state index contributed by atoms with van der Waals surface area (Å²) in [6.45, 7) is 1.93. The van der Waals surface area contributed by atoms with Gasteiger partial charge in [-0.15, -0.1) is 0 Å². The van der Waals surface area contributed by atoms with Gasteiger partial charge in [0.2, 0.25) is 0 Å². The van der Waals surface area contributed by atoms with Crippen LogP contribution < -0.4 is 10.6 Å². The monoisotopic (exact) mass is 386 g/mol. The Morgan fingerprint density at radius 3 is 2.33 bits per heavy atom. The van der Waals surface area contributed by atoms with E-state index in [-0.39, 0.29) is 11.5 Å². The Hall–Kier alpha value is -2.80. The minimum atomic E-state index is -1.08. The highest BCUT2D eigenvalue weighted by molar-refractivity contribution is 7.98. The van der Waals surface area contributed by atoms with E-state index >= 15 is 0 Å². The number of amides is 2. The SMILES string of the molecule is CSCC[C@@H](NC(=O)c1ccccc1NC(=O)c1ccc(C)cc1)C(=O)O. The quantitative estimate of drug-likeness (QED) is 0.648. The molecule has 0 saturated carbocycles. The van der Waals surface area contributed by atoms with Gasteiger partial charge in [0.1, 0.15) is 6.04 Å². The highest BCUT2D eigenvalue weighted by Crippen LogP contribution is 2.17. The smallest absolute Gasteiger partial charge is 0.326 e. The summed E-state index contributed by atoms with van der Waals surface area (Å²) in [6, 6.07) is 12.6. The molecule has 0 fully saturated rings. The number of hydrogen-bond acceptors (Lipinski definition) is 4. The Kier molecular flexibility index (Phi) is 7.43. The van der Waals surface area contributed by atoms with Crippen molar-refractivity contribution in [2.45, 2.75) is 19.4 Å². The number of carboxylic acids is 1. The molecule has 142 valence electrons. The zero-order chi connectivity index (χ0) is 19.8. The first kappa shape index (κ1) is 20.5. The number of nitrogens with one attached hydrogen (secondary N) is 2. The van der Waals surface area contributed by atoms with E-state index in [1.54, 1.807) is 36.4 Å². The molecule has 2 amide bonds. The van der Waals surface area contributed by atoms with Crippen LogP contribution in [0.4, 0.5) is 5.69 Å². The lowest BCUT2D eigenvalue weighted by Crippen LogP contribution is -2.41. The molecule has 0 spiro atoms. The molecule has 2 aromatic carbocycles. The second-order valence-corrected chi connectivity index (χ2v) is 7.00. The molecule has 3 N–H and O–H groups in total. The van der Waals surface area contributed by atoms with Crippen LogP contribution in [0.25, 0.3) is 0 Å². The second kappa shape index (κ2) is 9.78. The maximum absolute atomic E-state index is 12.6. The Labute approximate surface area is 162 Å². The van der Waals surface area contributed by atoms with Gasteiger partial charge in [0.25, 0.3) is 11.8 Å². The van der Waals surface area contributed by atoms with Crippen molar-refractivity contribution in [2.24, 2.45) is 0 Å². The molecule has 2 rings (SSSR count). The Bertz CT molecular complexity index is 821. The summed E-state index contributed by atoms with van der Waals surface area (Å²) in [5.41, 5.74) is 2.05. The summed E-state index contributed by atoms with van der Waals surface area (Å²) in [6.07, 6.45) is 2.19. The van der Waals surface area contributed by atoms with Crippen molar-refractivity contribution in [3.63, 3.8) is 0 Å². The van der Waals surface area contributed by atoms with Crippen molar-refractivity contribution in [3.8, 4) is 0 Å². The maximum atomic E-state index is 12.6. The van der Waals surface area contributed by atoms with Crippen molar-refractivity contribution in [3.05, 3.63) is 65.2 Å². The van der Waals surface area contributed by atoms with E-state index in [2.05, 4.69) is 10.6 Å². The molecule has 0 radical (unpaired) electrons. The Balaban J connectivity index is 2.16. The van der Waals surface area contributed by atoms with Crippen molar-refractivity contribution in [2.75, 3.05) is 17.3 Å². The molecule has 27 heavy (non-hydrogen) atoms. The van der Waals surface area contributed by atoms with Crippen LogP contribution in [0, 0.1) is 6.92 Å². The standard InChI is InChI=1S/C20H22N2O4S/c1-13-7-9-14(10-8-13)18(23)21-16-6-4-3-5-15(16)19(24)22-17(20(25)26)11-12-27-2/h3-10,17H,11-12H2,1-2H3,(H,21,23)(H,22,24)(H,25,26)/t17-/m1/s1. The predicted octanol–water partition coefficient (Wildman–Crippen LogP) is 3.18. The normalized spacial score (nSPS) is 11.5. The zero-order valence-corrected chi connectivity index (χ0v) is 16.0. The van der Waals surface area contributed by atoms with Gasteiger partial charge in [-0.2, -0.15) is 11.8 Å². The molecule has 0 aliphatic carbocycles. The minimum Gasteiger partial charge on any atom is -0.480 e. The summed E-state index contributed by atoms with van der Waals surface area (Å²) >= 11 is 1.51. The van der Waals surface area contributed by atoms with Gasteiger partial charge in [-0.05, 0) is 49.6 Å². The van der Waals surface area contributed by atoms with Gasteiger partial charge in [-0.25, -0.2) is 4.79 Å². The molecule has 0 saturated heterocycles. The highest BCUT2D eigenvalue weighted by Gasteiger charge is 2.22. The maximum Gasteiger partial charge on any atom is 0.326 e. The molecule has 0 aromatic heterocycles. The van der Waals surface area contributed by atoms with Gasteiger partial charge in [-0.1, -0.05) is 29.8 Å². The minimum absolute atomic E-state index is 0.216. The molecule has 0 heterocycles. The third-order valence-corrected chi connectivity index (χ3v) is 4.59. The highest BCUT2D eigenvalue weighted by atomic mass is 32.2. The number of benzene rings is 2. The summed E-state index contributed by atoms with van der Waals surface area (Å²) in [5.74, 6) is -1.35. The number of carboxylic acid groups (broad SMARTS) is 1. The van der Waals surface area contributed by atoms with Crippen LogP contribution in [0.2, 0.25) is 0 Å². The van der Waals surface area contributed by atoms with Crippen molar-refractivity contribution in [1.82, 2.24) is 5.32 Å². The molecule has 7 heteroatoms. The number of anilines is 1. The van der Waals surface area contributed by atoms with Crippen LogP contribution in [-0.4, -0.2) is 40.9 Å². The van der Waals surface area contributed by atoms with Crippen LogP contribution in [0.3, 0.4) is 0 Å². The van der Waals surface area contributed by atoms with E-state index < -0.39 is 17.9 Å².